The van der Waals surface area contributed by atoms with E-state index in [9.17, 15) is 13.2 Å². The number of nitrogens with one attached hydrogen (secondary N) is 1. The number of H-pyrrole nitrogens is 1. The normalized spacial score (nSPS) is 11.8. The predicted octanol–water partition coefficient (Wildman–Crippen LogP) is 7.40. The third kappa shape index (κ3) is 5.07. The van der Waals surface area contributed by atoms with Crippen LogP contribution in [0, 0.1) is 0 Å². The van der Waals surface area contributed by atoms with Gasteiger partial charge < -0.3 is 0 Å². The average Bonchev–Trinajstić information content (AvgIpc) is 3.47. The van der Waals surface area contributed by atoms with Gasteiger partial charge in [-0.05, 0) is 65.7 Å². The summed E-state index contributed by atoms with van der Waals surface area (Å²) in [5.41, 5.74) is 3.36. The standard InChI is InChI=1S/C24H23F3N4S/c1-2-3-4-5-6-17-9-12-32-23(17)18-13-19(16-7-10-28-11-8-16)29-20(14-18)21-15-22(31-30-21)24(25,26)27/h7-15H,2-6H2,1H3,(H,30,31). The number of thiophene rings is 1. The molecule has 4 heterocycles. The Bertz CT molecular complexity index is 1170. The summed E-state index contributed by atoms with van der Waals surface area (Å²) in [5, 5.41) is 8.04. The van der Waals surface area contributed by atoms with Crippen molar-refractivity contribution in [3.8, 4) is 33.1 Å². The molecule has 0 aliphatic heterocycles. The zero-order valence-corrected chi connectivity index (χ0v) is 18.4. The number of hydrogen-bond donors (Lipinski definition) is 1. The molecule has 1 N–H and O–H groups in total. The molecule has 0 spiro atoms. The second-order valence-corrected chi connectivity index (χ2v) is 8.53. The number of pyridine rings is 2. The van der Waals surface area contributed by atoms with Gasteiger partial charge in [0.15, 0.2) is 0 Å². The van der Waals surface area contributed by atoms with Gasteiger partial charge in [-0.1, -0.05) is 26.2 Å². The molecular formula is C24H23F3N4S. The molecule has 4 aromatic rings. The largest absolute Gasteiger partial charge is 0.432 e. The highest BCUT2D eigenvalue weighted by molar-refractivity contribution is 7.13. The van der Waals surface area contributed by atoms with Gasteiger partial charge in [0.25, 0.3) is 0 Å². The first-order valence-electron chi connectivity index (χ1n) is 10.6. The zero-order chi connectivity index (χ0) is 22.6. The van der Waals surface area contributed by atoms with Crippen LogP contribution in [0.4, 0.5) is 13.2 Å². The summed E-state index contributed by atoms with van der Waals surface area (Å²) < 4.78 is 39.3. The number of unbranched alkanes of at least 4 members (excludes halogenated alkanes) is 3. The molecular weight excluding hydrogens is 433 g/mol. The van der Waals surface area contributed by atoms with E-state index in [1.54, 1.807) is 23.7 Å². The van der Waals surface area contributed by atoms with E-state index >= 15 is 0 Å². The van der Waals surface area contributed by atoms with E-state index in [1.807, 2.05) is 24.3 Å². The predicted molar refractivity (Wildman–Crippen MR) is 121 cm³/mol. The molecule has 0 unspecified atom stereocenters. The van der Waals surface area contributed by atoms with Crippen molar-refractivity contribution in [1.82, 2.24) is 20.2 Å². The Balaban J connectivity index is 1.76. The van der Waals surface area contributed by atoms with Crippen LogP contribution in [0.3, 0.4) is 0 Å². The van der Waals surface area contributed by atoms with Gasteiger partial charge in [-0.2, -0.15) is 18.3 Å². The van der Waals surface area contributed by atoms with E-state index in [0.717, 1.165) is 34.9 Å². The molecule has 0 radical (unpaired) electrons. The van der Waals surface area contributed by atoms with Crippen LogP contribution in [0.5, 0.6) is 0 Å². The summed E-state index contributed by atoms with van der Waals surface area (Å²) in [6.45, 7) is 2.19. The molecule has 166 valence electrons. The van der Waals surface area contributed by atoms with Gasteiger partial charge in [0, 0.05) is 22.8 Å². The fraction of sp³-hybridized carbons (Fsp3) is 0.292. The Morgan fingerprint density at radius 1 is 0.906 bits per heavy atom. The van der Waals surface area contributed by atoms with Crippen molar-refractivity contribution in [2.24, 2.45) is 0 Å². The number of aryl methyl sites for hydroxylation is 1. The molecule has 8 heteroatoms. The van der Waals surface area contributed by atoms with Crippen LogP contribution in [-0.4, -0.2) is 20.2 Å². The number of alkyl halides is 3. The fourth-order valence-electron chi connectivity index (χ4n) is 3.59. The molecule has 0 aliphatic carbocycles. The monoisotopic (exact) mass is 456 g/mol. The SMILES string of the molecule is CCCCCCc1ccsc1-c1cc(-c2ccncc2)nc(-c2cc(C(F)(F)F)[nH]n2)c1. The Hall–Kier alpha value is -3.00. The lowest BCUT2D eigenvalue weighted by atomic mass is 10.0. The molecule has 4 aromatic heterocycles. The minimum Gasteiger partial charge on any atom is -0.273 e. The van der Waals surface area contributed by atoms with Gasteiger partial charge in [0.05, 0.1) is 11.4 Å². The third-order valence-corrected chi connectivity index (χ3v) is 6.26. The van der Waals surface area contributed by atoms with Crippen molar-refractivity contribution in [2.45, 2.75) is 45.2 Å². The van der Waals surface area contributed by atoms with Gasteiger partial charge in [-0.25, -0.2) is 4.98 Å². The molecule has 0 atom stereocenters. The summed E-state index contributed by atoms with van der Waals surface area (Å²) in [5.74, 6) is 0. The van der Waals surface area contributed by atoms with Crippen LogP contribution in [0.25, 0.3) is 33.1 Å². The summed E-state index contributed by atoms with van der Waals surface area (Å²) in [4.78, 5) is 9.79. The Labute approximate surface area is 188 Å². The van der Waals surface area contributed by atoms with E-state index in [1.165, 1.54) is 24.8 Å². The first-order chi connectivity index (χ1) is 15.5. The molecule has 4 rings (SSSR count). The van der Waals surface area contributed by atoms with Crippen LogP contribution in [0.1, 0.15) is 43.9 Å². The van der Waals surface area contributed by atoms with Gasteiger partial charge in [-0.3, -0.25) is 10.1 Å². The van der Waals surface area contributed by atoms with E-state index in [4.69, 9.17) is 0 Å². The third-order valence-electron chi connectivity index (χ3n) is 5.26. The molecule has 0 bridgehead atoms. The van der Waals surface area contributed by atoms with Crippen molar-refractivity contribution < 1.29 is 13.2 Å². The lowest BCUT2D eigenvalue weighted by molar-refractivity contribution is -0.141. The maximum absolute atomic E-state index is 13.1. The topological polar surface area (TPSA) is 54.5 Å². The van der Waals surface area contributed by atoms with Crippen molar-refractivity contribution in [3.63, 3.8) is 0 Å². The Morgan fingerprint density at radius 2 is 1.69 bits per heavy atom. The lowest BCUT2D eigenvalue weighted by Crippen LogP contribution is -2.04. The first kappa shape index (κ1) is 22.2. The zero-order valence-electron chi connectivity index (χ0n) is 17.6. The van der Waals surface area contributed by atoms with E-state index < -0.39 is 11.9 Å². The van der Waals surface area contributed by atoms with Crippen LogP contribution >= 0.6 is 11.3 Å². The van der Waals surface area contributed by atoms with Gasteiger partial charge in [0.2, 0.25) is 0 Å². The van der Waals surface area contributed by atoms with Gasteiger partial charge in [-0.15, -0.1) is 11.3 Å². The minimum atomic E-state index is -4.49. The smallest absolute Gasteiger partial charge is 0.273 e. The van der Waals surface area contributed by atoms with Crippen molar-refractivity contribution in [2.75, 3.05) is 0 Å². The summed E-state index contributed by atoms with van der Waals surface area (Å²) >= 11 is 1.64. The first-order valence-corrected chi connectivity index (χ1v) is 11.5. The quantitative estimate of drug-likeness (QED) is 0.281. The van der Waals surface area contributed by atoms with Crippen molar-refractivity contribution in [1.29, 1.82) is 0 Å². The number of aromatic nitrogens is 4. The van der Waals surface area contributed by atoms with Crippen molar-refractivity contribution >= 4 is 11.3 Å². The van der Waals surface area contributed by atoms with Crippen LogP contribution in [0.15, 0.2) is 54.2 Å². The number of aromatic amines is 1. The van der Waals surface area contributed by atoms with Gasteiger partial charge >= 0.3 is 6.18 Å². The molecule has 0 saturated heterocycles. The summed E-state index contributed by atoms with van der Waals surface area (Å²) in [6.07, 6.45) is 4.52. The highest BCUT2D eigenvalue weighted by atomic mass is 32.1. The second kappa shape index (κ2) is 9.65. The number of halogens is 3. The van der Waals surface area contributed by atoms with E-state index in [2.05, 4.69) is 38.5 Å². The minimum absolute atomic E-state index is 0.163. The molecule has 0 amide bonds. The molecule has 4 nitrogen and oxygen atoms in total. The average molecular weight is 457 g/mol. The van der Waals surface area contributed by atoms with Crippen LogP contribution in [0.2, 0.25) is 0 Å². The highest BCUT2D eigenvalue weighted by Gasteiger charge is 2.33. The number of hydrogen-bond acceptors (Lipinski definition) is 4. The van der Waals surface area contributed by atoms with Crippen LogP contribution in [-0.2, 0) is 12.6 Å². The highest BCUT2D eigenvalue weighted by Crippen LogP contribution is 2.36. The second-order valence-electron chi connectivity index (χ2n) is 7.61. The molecule has 0 aliphatic rings. The molecule has 32 heavy (non-hydrogen) atoms. The maximum Gasteiger partial charge on any atom is 0.432 e. The summed E-state index contributed by atoms with van der Waals surface area (Å²) in [6, 6.07) is 10.6. The summed E-state index contributed by atoms with van der Waals surface area (Å²) in [7, 11) is 0. The van der Waals surface area contributed by atoms with Crippen LogP contribution < -0.4 is 0 Å². The number of rotatable bonds is 8. The maximum atomic E-state index is 13.1. The molecule has 0 saturated carbocycles. The van der Waals surface area contributed by atoms with E-state index in [0.29, 0.717) is 11.4 Å². The lowest BCUT2D eigenvalue weighted by Gasteiger charge is -2.09. The molecule has 0 aromatic carbocycles. The molecule has 0 fully saturated rings. The van der Waals surface area contributed by atoms with Crippen molar-refractivity contribution in [3.05, 3.63) is 65.4 Å². The number of nitrogens with zero attached hydrogens (tertiary/aromatic N) is 3. The Kier molecular flexibility index (Phi) is 6.69. The Morgan fingerprint density at radius 3 is 2.41 bits per heavy atom. The van der Waals surface area contributed by atoms with Gasteiger partial charge in [0.1, 0.15) is 11.4 Å². The fourth-order valence-corrected chi connectivity index (χ4v) is 4.53. The van der Waals surface area contributed by atoms with E-state index in [-0.39, 0.29) is 5.69 Å².